The van der Waals surface area contributed by atoms with Crippen LogP contribution in [-0.4, -0.2) is 18.5 Å². The van der Waals surface area contributed by atoms with Gasteiger partial charge in [-0.1, -0.05) is 18.2 Å². The molecular weight excluding hydrogens is 301 g/mol. The van der Waals surface area contributed by atoms with Crippen LogP contribution in [0.15, 0.2) is 42.5 Å². The van der Waals surface area contributed by atoms with Crippen LogP contribution in [-0.2, 0) is 6.42 Å². The van der Waals surface area contributed by atoms with Crippen molar-refractivity contribution >= 4 is 17.1 Å². The smallest absolute Gasteiger partial charge is 0.242 e. The number of rotatable bonds is 3. The molecule has 2 aromatic rings. The number of nitrogens with zero attached hydrogens (tertiary/aromatic N) is 1. The topological polar surface area (TPSA) is 15.3 Å². The van der Waals surface area contributed by atoms with Gasteiger partial charge in [0.05, 0.1) is 11.4 Å². The summed E-state index contributed by atoms with van der Waals surface area (Å²) < 4.78 is 39.1. The van der Waals surface area contributed by atoms with Crippen molar-refractivity contribution < 1.29 is 13.2 Å². The molecule has 1 aliphatic rings. The van der Waals surface area contributed by atoms with E-state index in [1.165, 1.54) is 12.1 Å². The van der Waals surface area contributed by atoms with Gasteiger partial charge in [-0.2, -0.15) is 0 Å². The van der Waals surface area contributed by atoms with Crippen molar-refractivity contribution in [1.82, 2.24) is 0 Å². The largest absolute Gasteiger partial charge is 0.377 e. The van der Waals surface area contributed by atoms with E-state index in [0.717, 1.165) is 11.4 Å². The Kier molecular flexibility index (Phi) is 3.96. The maximum absolute atomic E-state index is 14.2. The molecule has 122 valence electrons. The van der Waals surface area contributed by atoms with Crippen LogP contribution >= 0.6 is 0 Å². The second-order valence-corrected chi connectivity index (χ2v) is 6.48. The van der Waals surface area contributed by atoms with E-state index in [0.29, 0.717) is 12.2 Å². The molecule has 0 saturated heterocycles. The van der Waals surface area contributed by atoms with Gasteiger partial charge in [-0.15, -0.1) is 0 Å². The molecule has 0 unspecified atom stereocenters. The molecule has 23 heavy (non-hydrogen) atoms. The minimum atomic E-state index is -2.55. The third-order valence-electron chi connectivity index (χ3n) is 3.94. The van der Waals surface area contributed by atoms with Gasteiger partial charge >= 0.3 is 0 Å². The van der Waals surface area contributed by atoms with Crippen LogP contribution in [0.4, 0.5) is 30.2 Å². The summed E-state index contributed by atoms with van der Waals surface area (Å²) in [6.07, 6.45) is -3.11. The number of benzene rings is 2. The molecule has 2 aromatic carbocycles. The molecule has 1 aliphatic heterocycles. The highest BCUT2D eigenvalue weighted by atomic mass is 19.3. The highest BCUT2D eigenvalue weighted by Gasteiger charge is 2.30. The zero-order valence-electron chi connectivity index (χ0n) is 13.1. The van der Waals surface area contributed by atoms with E-state index in [2.05, 4.69) is 19.2 Å². The van der Waals surface area contributed by atoms with Crippen LogP contribution in [0.2, 0.25) is 0 Å². The molecule has 0 aliphatic carbocycles. The van der Waals surface area contributed by atoms with Gasteiger partial charge in [0.2, 0.25) is 6.43 Å². The molecule has 1 heterocycles. The van der Waals surface area contributed by atoms with E-state index in [9.17, 15) is 13.2 Å². The number of fused-ring (bicyclic) bond motifs is 1. The number of para-hydroxylation sites is 2. The van der Waals surface area contributed by atoms with Gasteiger partial charge in [-0.05, 0) is 43.7 Å². The lowest BCUT2D eigenvalue weighted by atomic mass is 9.98. The lowest BCUT2D eigenvalue weighted by Crippen LogP contribution is -2.46. The maximum Gasteiger partial charge on any atom is 0.242 e. The van der Waals surface area contributed by atoms with Gasteiger partial charge in [0.1, 0.15) is 5.82 Å². The van der Waals surface area contributed by atoms with Crippen molar-refractivity contribution in [2.45, 2.75) is 32.2 Å². The number of hydrogen-bond donors (Lipinski definition) is 1. The minimum Gasteiger partial charge on any atom is -0.377 e. The summed E-state index contributed by atoms with van der Waals surface area (Å²) >= 11 is 0. The van der Waals surface area contributed by atoms with Crippen LogP contribution < -0.4 is 10.2 Å². The van der Waals surface area contributed by atoms with Crippen molar-refractivity contribution in [2.75, 3.05) is 16.8 Å². The van der Waals surface area contributed by atoms with Crippen LogP contribution in [0, 0.1) is 5.82 Å². The van der Waals surface area contributed by atoms with Crippen LogP contribution in [0.25, 0.3) is 0 Å². The number of halogens is 3. The molecule has 0 atom stereocenters. The Morgan fingerprint density at radius 3 is 2.61 bits per heavy atom. The standard InChI is InChI=1S/C18H19F3N2/c1-18(2)11-23(16-6-4-3-5-15(16)22-18)13-8-7-12(9-17(20)21)14(19)10-13/h3-8,10,17,22H,9,11H2,1-2H3. The second kappa shape index (κ2) is 5.80. The summed E-state index contributed by atoms with van der Waals surface area (Å²) in [5, 5.41) is 3.45. The fraction of sp³-hybridized carbons (Fsp3) is 0.333. The maximum atomic E-state index is 14.2. The molecule has 0 fully saturated rings. The van der Waals surface area contributed by atoms with Crippen LogP contribution in [0.5, 0.6) is 0 Å². The van der Waals surface area contributed by atoms with Gasteiger partial charge < -0.3 is 10.2 Å². The Labute approximate surface area is 133 Å². The molecule has 0 saturated carbocycles. The predicted molar refractivity (Wildman–Crippen MR) is 87.3 cm³/mol. The zero-order valence-corrected chi connectivity index (χ0v) is 13.1. The van der Waals surface area contributed by atoms with Crippen molar-refractivity contribution in [3.8, 4) is 0 Å². The molecule has 1 N–H and O–H groups in total. The van der Waals surface area contributed by atoms with Gasteiger partial charge in [-0.25, -0.2) is 13.2 Å². The second-order valence-electron chi connectivity index (χ2n) is 6.48. The van der Waals surface area contributed by atoms with Crippen LogP contribution in [0.3, 0.4) is 0 Å². The Hall–Kier alpha value is -2.17. The van der Waals surface area contributed by atoms with Gasteiger partial charge in [0, 0.05) is 24.2 Å². The Morgan fingerprint density at radius 2 is 1.91 bits per heavy atom. The van der Waals surface area contributed by atoms with E-state index >= 15 is 0 Å². The summed E-state index contributed by atoms with van der Waals surface area (Å²) in [6, 6.07) is 12.3. The van der Waals surface area contributed by atoms with Crippen molar-refractivity contribution in [3.63, 3.8) is 0 Å². The number of anilines is 3. The molecule has 5 heteroatoms. The van der Waals surface area contributed by atoms with E-state index in [1.807, 2.05) is 29.2 Å². The third-order valence-corrected chi connectivity index (χ3v) is 3.94. The van der Waals surface area contributed by atoms with E-state index < -0.39 is 18.7 Å². The van der Waals surface area contributed by atoms with E-state index in [1.54, 1.807) is 6.07 Å². The average molecular weight is 320 g/mol. The van der Waals surface area contributed by atoms with Crippen LogP contribution in [0.1, 0.15) is 19.4 Å². The average Bonchev–Trinajstić information content (AvgIpc) is 2.47. The quantitative estimate of drug-likeness (QED) is 0.858. The predicted octanol–water partition coefficient (Wildman–Crippen LogP) is 4.98. The molecule has 0 amide bonds. The third kappa shape index (κ3) is 3.28. The highest BCUT2D eigenvalue weighted by molar-refractivity contribution is 5.79. The van der Waals surface area contributed by atoms with Crippen molar-refractivity contribution in [1.29, 1.82) is 0 Å². The highest BCUT2D eigenvalue weighted by Crippen LogP contribution is 2.39. The molecule has 3 rings (SSSR count). The Bertz CT molecular complexity index is 713. The minimum absolute atomic E-state index is 0.0476. The van der Waals surface area contributed by atoms with Crippen molar-refractivity contribution in [3.05, 3.63) is 53.8 Å². The lowest BCUT2D eigenvalue weighted by molar-refractivity contribution is 0.148. The Morgan fingerprint density at radius 1 is 1.17 bits per heavy atom. The first-order valence-electron chi connectivity index (χ1n) is 7.57. The van der Waals surface area contributed by atoms with Gasteiger partial charge in [0.25, 0.3) is 0 Å². The summed E-state index contributed by atoms with van der Waals surface area (Å²) in [4.78, 5) is 2.01. The first-order valence-corrected chi connectivity index (χ1v) is 7.57. The summed E-state index contributed by atoms with van der Waals surface area (Å²) in [5.74, 6) is -0.586. The molecule has 0 spiro atoms. The zero-order chi connectivity index (χ0) is 16.6. The lowest BCUT2D eigenvalue weighted by Gasteiger charge is -2.42. The van der Waals surface area contributed by atoms with Gasteiger partial charge in [-0.3, -0.25) is 0 Å². The number of hydrogen-bond acceptors (Lipinski definition) is 2. The van der Waals surface area contributed by atoms with Crippen molar-refractivity contribution in [2.24, 2.45) is 0 Å². The van der Waals surface area contributed by atoms with E-state index in [4.69, 9.17) is 0 Å². The first kappa shape index (κ1) is 15.7. The summed E-state index contributed by atoms with van der Waals surface area (Å²) in [6.45, 7) is 4.78. The number of nitrogens with one attached hydrogen (secondary N) is 1. The SMILES string of the molecule is CC1(C)CN(c2ccc(CC(F)F)c(F)c2)c2ccccc2N1. The number of alkyl halides is 2. The van der Waals surface area contributed by atoms with E-state index in [-0.39, 0.29) is 11.1 Å². The summed E-state index contributed by atoms with van der Waals surface area (Å²) in [7, 11) is 0. The normalized spacial score (nSPS) is 16.2. The summed E-state index contributed by atoms with van der Waals surface area (Å²) in [5.41, 5.74) is 2.45. The molecular formula is C18H19F3N2. The molecule has 0 bridgehead atoms. The van der Waals surface area contributed by atoms with Gasteiger partial charge in [0.15, 0.2) is 0 Å². The fourth-order valence-electron chi connectivity index (χ4n) is 2.97. The monoisotopic (exact) mass is 320 g/mol. The molecule has 2 nitrogen and oxygen atoms in total. The molecule has 0 aromatic heterocycles. The Balaban J connectivity index is 1.99. The first-order chi connectivity index (χ1) is 10.9. The molecule has 0 radical (unpaired) electrons. The fourth-order valence-corrected chi connectivity index (χ4v) is 2.97.